The number of carbonyl (C=O) groups excluding carboxylic acids is 3. The van der Waals surface area contributed by atoms with Crippen molar-refractivity contribution in [3.8, 4) is 5.75 Å². The average molecular weight is 349 g/mol. The summed E-state index contributed by atoms with van der Waals surface area (Å²) >= 11 is 0.967. The van der Waals surface area contributed by atoms with Crippen molar-refractivity contribution < 1.29 is 29.3 Å². The van der Waals surface area contributed by atoms with E-state index in [0.717, 1.165) is 11.8 Å². The number of amidine groups is 1. The van der Waals surface area contributed by atoms with Crippen LogP contribution >= 0.6 is 11.8 Å². The van der Waals surface area contributed by atoms with E-state index >= 15 is 0 Å². The molecule has 1 N–H and O–H groups in total. The van der Waals surface area contributed by atoms with Crippen LogP contribution in [0.3, 0.4) is 0 Å². The van der Waals surface area contributed by atoms with Gasteiger partial charge in [0.2, 0.25) is 5.91 Å². The number of rotatable bonds is 7. The van der Waals surface area contributed by atoms with Crippen LogP contribution in [-0.2, 0) is 14.4 Å². The molecule has 24 heavy (non-hydrogen) atoms. The highest BCUT2D eigenvalue weighted by molar-refractivity contribution is 8.15. The average Bonchev–Trinajstić information content (AvgIpc) is 2.85. The predicted octanol–water partition coefficient (Wildman–Crippen LogP) is -2.12. The Labute approximate surface area is 140 Å². The molecule has 2 rings (SSSR count). The molecule has 1 amide bonds. The van der Waals surface area contributed by atoms with E-state index in [1.807, 2.05) is 0 Å². The largest absolute Gasteiger partial charge is 0.550 e. The Balaban J connectivity index is 1.90. The molecular weight excluding hydrogens is 338 g/mol. The summed E-state index contributed by atoms with van der Waals surface area (Å²) in [6, 6.07) is 6.37. The zero-order chi connectivity index (χ0) is 17.5. The van der Waals surface area contributed by atoms with Crippen molar-refractivity contribution >= 4 is 41.0 Å². The molecule has 0 aromatic heterocycles. The van der Waals surface area contributed by atoms with Gasteiger partial charge in [0.05, 0.1) is 17.4 Å². The third-order valence-electron chi connectivity index (χ3n) is 2.72. The molecule has 0 bridgehead atoms. The first-order valence-corrected chi connectivity index (χ1v) is 7.53. The van der Waals surface area contributed by atoms with Gasteiger partial charge >= 0.3 is 0 Å². The quantitative estimate of drug-likeness (QED) is 0.438. The van der Waals surface area contributed by atoms with Crippen LogP contribution in [0.15, 0.2) is 34.5 Å². The zero-order valence-corrected chi connectivity index (χ0v) is 12.9. The number of benzene rings is 1. The molecule has 0 saturated carbocycles. The van der Waals surface area contributed by atoms with Crippen molar-refractivity contribution in [2.45, 2.75) is 11.7 Å². The van der Waals surface area contributed by atoms with Gasteiger partial charge in [-0.05, 0) is 29.8 Å². The van der Waals surface area contributed by atoms with Crippen LogP contribution < -0.4 is 20.3 Å². The fraction of sp³-hybridized carbons (Fsp3) is 0.214. The predicted molar refractivity (Wildman–Crippen MR) is 81.1 cm³/mol. The van der Waals surface area contributed by atoms with E-state index in [1.54, 1.807) is 24.3 Å². The minimum Gasteiger partial charge on any atom is -0.550 e. The van der Waals surface area contributed by atoms with E-state index in [9.17, 15) is 24.6 Å². The number of carboxylic acid groups (broad SMARTS) is 2. The number of amides is 1. The van der Waals surface area contributed by atoms with Gasteiger partial charge in [0, 0.05) is 12.4 Å². The van der Waals surface area contributed by atoms with E-state index in [0.29, 0.717) is 11.3 Å². The van der Waals surface area contributed by atoms with E-state index in [1.165, 1.54) is 6.21 Å². The molecule has 0 radical (unpaired) electrons. The summed E-state index contributed by atoms with van der Waals surface area (Å²) in [5.74, 6) is -2.71. The summed E-state index contributed by atoms with van der Waals surface area (Å²) in [5, 5.41) is 30.2. The number of aliphatic carboxylic acids is 2. The molecule has 1 atom stereocenters. The molecule has 0 aliphatic carbocycles. The van der Waals surface area contributed by atoms with Crippen LogP contribution in [0.25, 0.3) is 0 Å². The van der Waals surface area contributed by atoms with Gasteiger partial charge in [0.25, 0.3) is 0 Å². The highest BCUT2D eigenvalue weighted by Gasteiger charge is 2.30. The molecule has 0 unspecified atom stereocenters. The number of carbonyl (C=O) groups is 3. The number of carboxylic acids is 2. The number of hydrogen-bond acceptors (Lipinski definition) is 9. The van der Waals surface area contributed by atoms with Gasteiger partial charge in [-0.2, -0.15) is 5.10 Å². The molecule has 1 aliphatic rings. The van der Waals surface area contributed by atoms with Gasteiger partial charge in [0.15, 0.2) is 5.17 Å². The lowest BCUT2D eigenvalue weighted by atomic mass is 10.2. The first-order valence-electron chi connectivity index (χ1n) is 6.65. The highest BCUT2D eigenvalue weighted by atomic mass is 32.2. The van der Waals surface area contributed by atoms with Gasteiger partial charge in [-0.15, -0.1) is 5.10 Å². The molecule has 0 spiro atoms. The second-order valence-corrected chi connectivity index (χ2v) is 5.74. The summed E-state index contributed by atoms with van der Waals surface area (Å²) < 4.78 is 4.93. The highest BCUT2D eigenvalue weighted by Crippen LogP contribution is 2.21. The summed E-state index contributed by atoms with van der Waals surface area (Å²) in [5.41, 5.74) is 0.667. The van der Waals surface area contributed by atoms with Crippen molar-refractivity contribution in [2.24, 2.45) is 10.2 Å². The minimum atomic E-state index is -1.32. The van der Waals surface area contributed by atoms with Gasteiger partial charge in [-0.25, -0.2) is 0 Å². The van der Waals surface area contributed by atoms with Crippen molar-refractivity contribution in [1.29, 1.82) is 0 Å². The first-order chi connectivity index (χ1) is 11.4. The number of nitrogens with zero attached hydrogens (tertiary/aromatic N) is 2. The lowest BCUT2D eigenvalue weighted by molar-refractivity contribution is -0.308. The summed E-state index contributed by atoms with van der Waals surface area (Å²) in [6.07, 6.45) is 1.01. The molecule has 1 aromatic rings. The monoisotopic (exact) mass is 349 g/mol. The fourth-order valence-corrected chi connectivity index (χ4v) is 2.59. The minimum absolute atomic E-state index is 0.205. The molecule has 1 fully saturated rings. The van der Waals surface area contributed by atoms with E-state index in [2.05, 4.69) is 15.5 Å². The smallest absolute Gasteiger partial charge is 0.239 e. The maximum Gasteiger partial charge on any atom is 0.239 e. The lowest BCUT2D eigenvalue weighted by Gasteiger charge is -2.06. The summed E-state index contributed by atoms with van der Waals surface area (Å²) in [7, 11) is 0. The van der Waals surface area contributed by atoms with E-state index < -0.39 is 36.1 Å². The maximum absolute atomic E-state index is 11.5. The molecule has 10 heteroatoms. The Kier molecular flexibility index (Phi) is 5.90. The third kappa shape index (κ3) is 5.39. The normalized spacial score (nSPS) is 18.8. The number of ether oxygens (including phenoxy) is 1. The Bertz CT molecular complexity index is 701. The molecule has 9 nitrogen and oxygen atoms in total. The number of thioether (sulfide) groups is 1. The molecule has 1 aliphatic heterocycles. The molecular formula is C14H11N3O6S-2. The molecule has 1 aromatic carbocycles. The Morgan fingerprint density at radius 3 is 2.58 bits per heavy atom. The molecule has 1 heterocycles. The van der Waals surface area contributed by atoms with Gasteiger partial charge in [-0.1, -0.05) is 11.8 Å². The SMILES string of the molecule is O=C([O-])COc1ccc(/C=N\N=C2\NC(=O)[C@H](CC(=O)[O-])S2)cc1. The van der Waals surface area contributed by atoms with Gasteiger partial charge in [0.1, 0.15) is 12.4 Å². The van der Waals surface area contributed by atoms with Crippen molar-refractivity contribution in [3.05, 3.63) is 29.8 Å². The van der Waals surface area contributed by atoms with E-state index in [-0.39, 0.29) is 5.17 Å². The van der Waals surface area contributed by atoms with Crippen LogP contribution in [0.2, 0.25) is 0 Å². The van der Waals surface area contributed by atoms with Gasteiger partial charge in [-0.3, -0.25) is 4.79 Å². The molecule has 1 saturated heterocycles. The topological polar surface area (TPSA) is 143 Å². The van der Waals surface area contributed by atoms with Crippen LogP contribution in [0.4, 0.5) is 0 Å². The Morgan fingerprint density at radius 2 is 1.96 bits per heavy atom. The van der Waals surface area contributed by atoms with Gasteiger partial charge < -0.3 is 29.9 Å². The third-order valence-corrected chi connectivity index (χ3v) is 3.79. The van der Waals surface area contributed by atoms with Crippen LogP contribution in [-0.4, -0.2) is 41.1 Å². The lowest BCUT2D eigenvalue weighted by Crippen LogP contribution is -2.31. The molecule has 126 valence electrons. The van der Waals surface area contributed by atoms with Crippen LogP contribution in [0.5, 0.6) is 5.75 Å². The zero-order valence-electron chi connectivity index (χ0n) is 12.1. The summed E-state index contributed by atoms with van der Waals surface area (Å²) in [4.78, 5) is 32.3. The Hall–Kier alpha value is -2.88. The fourth-order valence-electron chi connectivity index (χ4n) is 1.68. The number of nitrogens with one attached hydrogen (secondary N) is 1. The van der Waals surface area contributed by atoms with Crippen LogP contribution in [0.1, 0.15) is 12.0 Å². The number of hydrogen-bond donors (Lipinski definition) is 1. The van der Waals surface area contributed by atoms with Crippen molar-refractivity contribution in [1.82, 2.24) is 5.32 Å². The standard InChI is InChI=1S/C14H13N3O6S/c18-11(19)5-10-13(22)16-14(24-10)17-15-6-8-1-3-9(4-2-8)23-7-12(20)21/h1-4,6,10H,5,7H2,(H,18,19)(H,20,21)(H,16,17,22)/p-2/b15-6-/t10-/m0/s1. The first kappa shape index (κ1) is 17.5. The second-order valence-electron chi connectivity index (χ2n) is 4.55. The van der Waals surface area contributed by atoms with Crippen LogP contribution in [0, 0.1) is 0 Å². The van der Waals surface area contributed by atoms with Crippen molar-refractivity contribution in [2.75, 3.05) is 6.61 Å². The second kappa shape index (κ2) is 8.11. The Morgan fingerprint density at radius 1 is 1.25 bits per heavy atom. The van der Waals surface area contributed by atoms with E-state index in [4.69, 9.17) is 4.74 Å². The summed E-state index contributed by atoms with van der Waals surface area (Å²) in [6.45, 7) is -0.537. The maximum atomic E-state index is 11.5. The van der Waals surface area contributed by atoms with Crippen molar-refractivity contribution in [3.63, 3.8) is 0 Å².